The second-order valence-electron chi connectivity index (χ2n) is 4.39. The molecule has 21 heavy (non-hydrogen) atoms. The van der Waals surface area contributed by atoms with Crippen LogP contribution in [0.4, 0.5) is 10.5 Å². The Balaban J connectivity index is 1.87. The molecule has 0 aliphatic heterocycles. The van der Waals surface area contributed by atoms with E-state index in [1.54, 1.807) is 30.5 Å². The van der Waals surface area contributed by atoms with Gasteiger partial charge in [0.2, 0.25) is 0 Å². The molecule has 0 fully saturated rings. The number of thiophene rings is 1. The summed E-state index contributed by atoms with van der Waals surface area (Å²) in [5.41, 5.74) is 1.34. The molecule has 2 aromatic rings. The minimum Gasteiger partial charge on any atom is -0.387 e. The molecule has 7 heteroatoms. The monoisotopic (exact) mass is 324 g/mol. The molecule has 0 aliphatic carbocycles. The number of aliphatic hydroxyl groups is 1. The zero-order chi connectivity index (χ0) is 15.2. The number of hydrogen-bond donors (Lipinski definition) is 3. The Kier molecular flexibility index (Phi) is 5.49. The van der Waals surface area contributed by atoms with Crippen molar-refractivity contribution in [3.05, 3.63) is 46.7 Å². The summed E-state index contributed by atoms with van der Waals surface area (Å²) in [6, 6.07) is 8.24. The molecule has 0 saturated heterocycles. The molecule has 5 nitrogen and oxygen atoms in total. The molecule has 1 aromatic carbocycles. The number of anilines is 1. The van der Waals surface area contributed by atoms with Crippen LogP contribution >= 0.6 is 11.3 Å². The average molecular weight is 324 g/mol. The van der Waals surface area contributed by atoms with Gasteiger partial charge in [0.05, 0.1) is 6.10 Å². The lowest BCUT2D eigenvalue weighted by atomic mass is 10.2. The second kappa shape index (κ2) is 7.35. The molecule has 0 bridgehead atoms. The van der Waals surface area contributed by atoms with E-state index in [9.17, 15) is 14.1 Å². The molecule has 0 radical (unpaired) electrons. The largest absolute Gasteiger partial charge is 0.387 e. The number of hydrogen-bond acceptors (Lipinski definition) is 4. The predicted molar refractivity (Wildman–Crippen MR) is 85.1 cm³/mol. The van der Waals surface area contributed by atoms with Gasteiger partial charge in [-0.05, 0) is 40.6 Å². The number of aliphatic hydroxyl groups excluding tert-OH is 1. The number of amides is 2. The molecular weight excluding hydrogens is 308 g/mol. The standard InChI is InChI=1S/C14H16N2O3S2/c1-21(19)12-4-2-3-11(7-12)16-14(18)15-8-13(17)10-5-6-20-9-10/h2-7,9,13,17H,8H2,1H3,(H2,15,16,18). The highest BCUT2D eigenvalue weighted by Crippen LogP contribution is 2.15. The molecule has 2 atom stereocenters. The van der Waals surface area contributed by atoms with E-state index >= 15 is 0 Å². The summed E-state index contributed by atoms with van der Waals surface area (Å²) in [5.74, 6) is 0. The normalized spacial score (nSPS) is 13.4. The first-order chi connectivity index (χ1) is 10.1. The van der Waals surface area contributed by atoms with Crippen molar-refractivity contribution in [2.75, 3.05) is 18.1 Å². The van der Waals surface area contributed by atoms with Crippen molar-refractivity contribution in [2.45, 2.75) is 11.0 Å². The molecule has 2 unspecified atom stereocenters. The summed E-state index contributed by atoms with van der Waals surface area (Å²) in [5, 5.41) is 18.8. The van der Waals surface area contributed by atoms with Gasteiger partial charge in [-0.15, -0.1) is 0 Å². The van der Waals surface area contributed by atoms with E-state index in [1.807, 2.05) is 16.8 Å². The summed E-state index contributed by atoms with van der Waals surface area (Å²) < 4.78 is 11.4. The molecule has 2 rings (SSSR count). The van der Waals surface area contributed by atoms with Gasteiger partial charge in [-0.3, -0.25) is 4.21 Å². The fraction of sp³-hybridized carbons (Fsp3) is 0.214. The first-order valence-electron chi connectivity index (χ1n) is 6.25. The lowest BCUT2D eigenvalue weighted by Gasteiger charge is -2.12. The Hall–Kier alpha value is -1.70. The third kappa shape index (κ3) is 4.66. The van der Waals surface area contributed by atoms with Crippen LogP contribution in [0.1, 0.15) is 11.7 Å². The number of carbonyl (C=O) groups is 1. The van der Waals surface area contributed by atoms with Crippen LogP contribution in [-0.4, -0.2) is 28.1 Å². The predicted octanol–water partition coefficient (Wildman–Crippen LogP) is 2.34. The van der Waals surface area contributed by atoms with Gasteiger partial charge in [-0.25, -0.2) is 4.79 Å². The van der Waals surface area contributed by atoms with Crippen LogP contribution in [0.2, 0.25) is 0 Å². The molecular formula is C14H16N2O3S2. The Bertz CT molecular complexity index is 629. The highest BCUT2D eigenvalue weighted by Gasteiger charge is 2.10. The van der Waals surface area contributed by atoms with E-state index in [0.29, 0.717) is 10.6 Å². The third-order valence-corrected chi connectivity index (χ3v) is 4.43. The van der Waals surface area contributed by atoms with Crippen LogP contribution in [0.3, 0.4) is 0 Å². The fourth-order valence-corrected chi connectivity index (χ4v) is 2.97. The highest BCUT2D eigenvalue weighted by atomic mass is 32.2. The van der Waals surface area contributed by atoms with Crippen molar-refractivity contribution in [1.82, 2.24) is 5.32 Å². The van der Waals surface area contributed by atoms with Crippen LogP contribution in [-0.2, 0) is 10.8 Å². The summed E-state index contributed by atoms with van der Waals surface area (Å²) in [7, 11) is -1.10. The van der Waals surface area contributed by atoms with Crippen molar-refractivity contribution in [3.8, 4) is 0 Å². The highest BCUT2D eigenvalue weighted by molar-refractivity contribution is 7.84. The van der Waals surface area contributed by atoms with Crippen molar-refractivity contribution in [3.63, 3.8) is 0 Å². The maximum Gasteiger partial charge on any atom is 0.319 e. The zero-order valence-corrected chi connectivity index (χ0v) is 13.0. The number of rotatable bonds is 5. The van der Waals surface area contributed by atoms with Crippen molar-refractivity contribution >= 4 is 33.9 Å². The smallest absolute Gasteiger partial charge is 0.319 e. The Morgan fingerprint density at radius 2 is 2.24 bits per heavy atom. The zero-order valence-electron chi connectivity index (χ0n) is 11.4. The first-order valence-corrected chi connectivity index (χ1v) is 8.75. The van der Waals surface area contributed by atoms with E-state index in [2.05, 4.69) is 10.6 Å². The summed E-state index contributed by atoms with van der Waals surface area (Å²) >= 11 is 1.49. The Morgan fingerprint density at radius 3 is 2.90 bits per heavy atom. The second-order valence-corrected chi connectivity index (χ2v) is 6.55. The van der Waals surface area contributed by atoms with Gasteiger partial charge in [0.15, 0.2) is 0 Å². The minimum absolute atomic E-state index is 0.127. The number of urea groups is 1. The average Bonchev–Trinajstić information content (AvgIpc) is 2.99. The summed E-state index contributed by atoms with van der Waals surface area (Å²) in [4.78, 5) is 12.4. The van der Waals surface area contributed by atoms with Gasteiger partial charge in [0.25, 0.3) is 0 Å². The van der Waals surface area contributed by atoms with Gasteiger partial charge in [0, 0.05) is 34.2 Å². The lowest BCUT2D eigenvalue weighted by molar-refractivity contribution is 0.175. The number of benzene rings is 1. The molecule has 1 heterocycles. The van der Waals surface area contributed by atoms with Gasteiger partial charge in [0.1, 0.15) is 0 Å². The molecule has 112 valence electrons. The van der Waals surface area contributed by atoms with Gasteiger partial charge in [-0.1, -0.05) is 6.07 Å². The van der Waals surface area contributed by atoms with Crippen molar-refractivity contribution in [2.24, 2.45) is 0 Å². The Labute approximate surface area is 129 Å². The molecule has 2 amide bonds. The summed E-state index contributed by atoms with van der Waals surface area (Å²) in [6.07, 6.45) is 0.854. The van der Waals surface area contributed by atoms with Crippen molar-refractivity contribution in [1.29, 1.82) is 0 Å². The minimum atomic E-state index is -1.10. The number of nitrogens with one attached hydrogen (secondary N) is 2. The van der Waals surface area contributed by atoms with Crippen LogP contribution in [0.25, 0.3) is 0 Å². The van der Waals surface area contributed by atoms with Crippen LogP contribution in [0.15, 0.2) is 46.0 Å². The fourth-order valence-electron chi connectivity index (χ4n) is 1.70. The van der Waals surface area contributed by atoms with E-state index < -0.39 is 22.9 Å². The molecule has 0 spiro atoms. The van der Waals surface area contributed by atoms with Gasteiger partial charge < -0.3 is 15.7 Å². The summed E-state index contributed by atoms with van der Waals surface area (Å²) in [6.45, 7) is 0.127. The van der Waals surface area contributed by atoms with Crippen LogP contribution in [0, 0.1) is 0 Å². The van der Waals surface area contributed by atoms with Gasteiger partial charge in [-0.2, -0.15) is 11.3 Å². The SMILES string of the molecule is CS(=O)c1cccc(NC(=O)NCC(O)c2ccsc2)c1. The van der Waals surface area contributed by atoms with Gasteiger partial charge >= 0.3 is 6.03 Å². The topological polar surface area (TPSA) is 78.4 Å². The quantitative estimate of drug-likeness (QED) is 0.790. The molecule has 3 N–H and O–H groups in total. The van der Waals surface area contributed by atoms with Crippen molar-refractivity contribution < 1.29 is 14.1 Å². The Morgan fingerprint density at radius 1 is 1.43 bits per heavy atom. The molecule has 1 aromatic heterocycles. The maximum atomic E-state index is 11.8. The van der Waals surface area contributed by atoms with E-state index in [1.165, 1.54) is 11.3 Å². The number of carbonyl (C=O) groups excluding carboxylic acids is 1. The molecule has 0 aliphatic rings. The lowest BCUT2D eigenvalue weighted by Crippen LogP contribution is -2.32. The maximum absolute atomic E-state index is 11.8. The first kappa shape index (κ1) is 15.7. The molecule has 0 saturated carbocycles. The van der Waals surface area contributed by atoms with Crippen LogP contribution in [0.5, 0.6) is 0 Å². The van der Waals surface area contributed by atoms with E-state index in [-0.39, 0.29) is 6.54 Å². The van der Waals surface area contributed by atoms with Crippen LogP contribution < -0.4 is 10.6 Å². The third-order valence-electron chi connectivity index (χ3n) is 2.81. The van der Waals surface area contributed by atoms with E-state index in [4.69, 9.17) is 0 Å². The van der Waals surface area contributed by atoms with E-state index in [0.717, 1.165) is 5.56 Å².